The molecule has 1 aromatic carbocycles. The third kappa shape index (κ3) is 4.23. The number of hydrogen-bond acceptors (Lipinski definition) is 2. The molecule has 0 aliphatic heterocycles. The van der Waals surface area contributed by atoms with Crippen molar-refractivity contribution in [3.8, 4) is 0 Å². The molecule has 4 nitrogen and oxygen atoms in total. The first-order valence-electron chi connectivity index (χ1n) is 6.74. The summed E-state index contributed by atoms with van der Waals surface area (Å²) >= 11 is 0. The monoisotopic (exact) mass is 275 g/mol. The number of nitrogens with one attached hydrogen (secondary N) is 1. The van der Waals surface area contributed by atoms with Crippen LogP contribution in [0.4, 0.5) is 0 Å². The molecular formula is C16H21NO3. The Balaban J connectivity index is 2.90. The van der Waals surface area contributed by atoms with Crippen LogP contribution < -0.4 is 5.32 Å². The number of aliphatic carboxylic acids is 1. The molecule has 1 amide bonds. The minimum Gasteiger partial charge on any atom is -0.478 e. The largest absolute Gasteiger partial charge is 0.478 e. The Morgan fingerprint density at radius 3 is 2.25 bits per heavy atom. The molecular weight excluding hydrogens is 254 g/mol. The number of carboxylic acids is 1. The van der Waals surface area contributed by atoms with E-state index in [-0.39, 0.29) is 23.1 Å². The molecule has 0 fully saturated rings. The first-order valence-corrected chi connectivity index (χ1v) is 6.74. The summed E-state index contributed by atoms with van der Waals surface area (Å²) in [6.45, 7) is 5.02. The first-order chi connectivity index (χ1) is 9.47. The normalized spacial score (nSPS) is 13.3. The summed E-state index contributed by atoms with van der Waals surface area (Å²) in [5.41, 5.74) is 1.35. The molecule has 20 heavy (non-hydrogen) atoms. The van der Waals surface area contributed by atoms with Crippen LogP contribution >= 0.6 is 0 Å². The van der Waals surface area contributed by atoms with Gasteiger partial charge in [-0.05, 0) is 25.8 Å². The number of carboxylic acid groups (broad SMARTS) is 1. The minimum atomic E-state index is -1.07. The van der Waals surface area contributed by atoms with Crippen molar-refractivity contribution in [3.05, 3.63) is 47.0 Å². The van der Waals surface area contributed by atoms with E-state index in [9.17, 15) is 9.59 Å². The van der Waals surface area contributed by atoms with Crippen molar-refractivity contribution >= 4 is 11.9 Å². The molecule has 4 heteroatoms. The van der Waals surface area contributed by atoms with Gasteiger partial charge in [-0.25, -0.2) is 4.79 Å². The van der Waals surface area contributed by atoms with Crippen LogP contribution in [0.3, 0.4) is 0 Å². The van der Waals surface area contributed by atoms with Gasteiger partial charge in [0.15, 0.2) is 0 Å². The van der Waals surface area contributed by atoms with Gasteiger partial charge in [0.2, 0.25) is 5.91 Å². The zero-order valence-corrected chi connectivity index (χ0v) is 12.1. The first kappa shape index (κ1) is 16.0. The smallest absolute Gasteiger partial charge is 0.331 e. The van der Waals surface area contributed by atoms with Crippen molar-refractivity contribution < 1.29 is 14.7 Å². The van der Waals surface area contributed by atoms with Gasteiger partial charge in [0.1, 0.15) is 0 Å². The van der Waals surface area contributed by atoms with E-state index in [0.717, 1.165) is 18.4 Å². The fourth-order valence-electron chi connectivity index (χ4n) is 1.89. The highest BCUT2D eigenvalue weighted by Gasteiger charge is 2.17. The zero-order valence-electron chi connectivity index (χ0n) is 12.1. The number of rotatable bonds is 6. The maximum absolute atomic E-state index is 12.1. The SMILES string of the molecule is CCCC(NC(=O)C(C)=C(C)C(=O)O)c1ccccc1. The molecule has 0 saturated carbocycles. The molecule has 0 aromatic heterocycles. The van der Waals surface area contributed by atoms with E-state index < -0.39 is 5.97 Å². The molecule has 0 bridgehead atoms. The maximum atomic E-state index is 12.1. The standard InChI is InChI=1S/C16H21NO3/c1-4-8-14(13-9-6-5-7-10-13)17-15(18)11(2)12(3)16(19)20/h5-7,9-10,14H,4,8H2,1-3H3,(H,17,18)(H,19,20). The summed E-state index contributed by atoms with van der Waals surface area (Å²) in [5.74, 6) is -1.39. The van der Waals surface area contributed by atoms with Gasteiger partial charge < -0.3 is 10.4 Å². The van der Waals surface area contributed by atoms with Crippen molar-refractivity contribution in [1.82, 2.24) is 5.32 Å². The lowest BCUT2D eigenvalue weighted by Gasteiger charge is -2.19. The van der Waals surface area contributed by atoms with Gasteiger partial charge in [-0.1, -0.05) is 43.7 Å². The highest BCUT2D eigenvalue weighted by Crippen LogP contribution is 2.19. The molecule has 1 rings (SSSR count). The number of amides is 1. The second-order valence-electron chi connectivity index (χ2n) is 4.78. The molecule has 0 heterocycles. The Kier molecular flexibility index (Phi) is 5.97. The maximum Gasteiger partial charge on any atom is 0.331 e. The zero-order chi connectivity index (χ0) is 15.1. The summed E-state index contributed by atoms with van der Waals surface area (Å²) in [4.78, 5) is 23.0. The van der Waals surface area contributed by atoms with Crippen LogP contribution in [0.5, 0.6) is 0 Å². The van der Waals surface area contributed by atoms with E-state index in [2.05, 4.69) is 5.32 Å². The van der Waals surface area contributed by atoms with Crippen molar-refractivity contribution in [2.24, 2.45) is 0 Å². The highest BCUT2D eigenvalue weighted by molar-refractivity contribution is 6.01. The predicted octanol–water partition coefficient (Wildman–Crippen LogP) is 3.07. The number of benzene rings is 1. The lowest BCUT2D eigenvalue weighted by atomic mass is 10.0. The molecule has 1 unspecified atom stereocenters. The van der Waals surface area contributed by atoms with Crippen LogP contribution in [0.1, 0.15) is 45.2 Å². The van der Waals surface area contributed by atoms with Gasteiger partial charge in [-0.15, -0.1) is 0 Å². The average Bonchev–Trinajstić information content (AvgIpc) is 2.45. The van der Waals surface area contributed by atoms with E-state index in [1.54, 1.807) is 0 Å². The minimum absolute atomic E-state index is 0.0748. The third-order valence-electron chi connectivity index (χ3n) is 3.31. The van der Waals surface area contributed by atoms with Gasteiger partial charge in [0.25, 0.3) is 0 Å². The second-order valence-corrected chi connectivity index (χ2v) is 4.78. The summed E-state index contributed by atoms with van der Waals surface area (Å²) in [7, 11) is 0. The van der Waals surface area contributed by atoms with E-state index in [1.807, 2.05) is 37.3 Å². The Morgan fingerprint density at radius 1 is 1.15 bits per heavy atom. The molecule has 0 aliphatic rings. The van der Waals surface area contributed by atoms with Gasteiger partial charge in [0.05, 0.1) is 6.04 Å². The summed E-state index contributed by atoms with van der Waals surface area (Å²) in [6, 6.07) is 9.61. The Morgan fingerprint density at radius 2 is 1.75 bits per heavy atom. The summed E-state index contributed by atoms with van der Waals surface area (Å²) < 4.78 is 0. The van der Waals surface area contributed by atoms with Crippen LogP contribution in [0.2, 0.25) is 0 Å². The van der Waals surface area contributed by atoms with Gasteiger partial charge >= 0.3 is 5.97 Å². The van der Waals surface area contributed by atoms with Crippen molar-refractivity contribution in [3.63, 3.8) is 0 Å². The Labute approximate surface area is 119 Å². The van der Waals surface area contributed by atoms with E-state index in [0.29, 0.717) is 0 Å². The fraction of sp³-hybridized carbons (Fsp3) is 0.375. The molecule has 1 atom stereocenters. The topological polar surface area (TPSA) is 66.4 Å². The molecule has 2 N–H and O–H groups in total. The molecule has 0 radical (unpaired) electrons. The third-order valence-corrected chi connectivity index (χ3v) is 3.31. The Hall–Kier alpha value is -2.10. The lowest BCUT2D eigenvalue weighted by molar-refractivity contribution is -0.133. The van der Waals surface area contributed by atoms with Gasteiger partial charge in [-0.2, -0.15) is 0 Å². The second kappa shape index (κ2) is 7.48. The summed E-state index contributed by atoms with van der Waals surface area (Å²) in [5, 5.41) is 11.8. The number of carbonyl (C=O) groups is 2. The lowest BCUT2D eigenvalue weighted by Crippen LogP contribution is -2.30. The number of hydrogen-bond donors (Lipinski definition) is 2. The summed E-state index contributed by atoms with van der Waals surface area (Å²) in [6.07, 6.45) is 1.75. The molecule has 108 valence electrons. The fourth-order valence-corrected chi connectivity index (χ4v) is 1.89. The number of carbonyl (C=O) groups excluding carboxylic acids is 1. The average molecular weight is 275 g/mol. The highest BCUT2D eigenvalue weighted by atomic mass is 16.4. The predicted molar refractivity (Wildman–Crippen MR) is 78.2 cm³/mol. The molecule has 1 aromatic rings. The van der Waals surface area contributed by atoms with Crippen LogP contribution in [0.25, 0.3) is 0 Å². The van der Waals surface area contributed by atoms with Crippen LogP contribution in [0, 0.1) is 0 Å². The van der Waals surface area contributed by atoms with E-state index >= 15 is 0 Å². The quantitative estimate of drug-likeness (QED) is 0.784. The molecule has 0 spiro atoms. The van der Waals surface area contributed by atoms with Crippen molar-refractivity contribution in [1.29, 1.82) is 0 Å². The van der Waals surface area contributed by atoms with E-state index in [1.165, 1.54) is 13.8 Å². The Bertz CT molecular complexity index is 506. The van der Waals surface area contributed by atoms with Crippen LogP contribution in [-0.4, -0.2) is 17.0 Å². The van der Waals surface area contributed by atoms with Crippen molar-refractivity contribution in [2.45, 2.75) is 39.7 Å². The van der Waals surface area contributed by atoms with Crippen LogP contribution in [-0.2, 0) is 9.59 Å². The molecule has 0 saturated heterocycles. The van der Waals surface area contributed by atoms with Crippen molar-refractivity contribution in [2.75, 3.05) is 0 Å². The van der Waals surface area contributed by atoms with E-state index in [4.69, 9.17) is 5.11 Å². The molecule has 0 aliphatic carbocycles. The van der Waals surface area contributed by atoms with Gasteiger partial charge in [0, 0.05) is 11.1 Å². The van der Waals surface area contributed by atoms with Crippen LogP contribution in [0.15, 0.2) is 41.5 Å². The van der Waals surface area contributed by atoms with Gasteiger partial charge in [-0.3, -0.25) is 4.79 Å².